The molecule has 2 rings (SSSR count). The van der Waals surface area contributed by atoms with Crippen LogP contribution in [0.3, 0.4) is 0 Å². The molecule has 4 heteroatoms. The molecule has 2 aromatic rings. The maximum absolute atomic E-state index is 12.4. The average molecular weight is 258 g/mol. The first-order valence-corrected chi connectivity index (χ1v) is 6.40. The first-order chi connectivity index (χ1) is 9.26. The van der Waals surface area contributed by atoms with Crippen molar-refractivity contribution < 1.29 is 9.53 Å². The van der Waals surface area contributed by atoms with E-state index in [2.05, 4.69) is 12.0 Å². The summed E-state index contributed by atoms with van der Waals surface area (Å²) < 4.78 is 7.12. The minimum absolute atomic E-state index is 0.0592. The van der Waals surface area contributed by atoms with E-state index in [4.69, 9.17) is 4.74 Å². The average Bonchev–Trinajstić information content (AvgIpc) is 2.90. The van der Waals surface area contributed by atoms with Gasteiger partial charge in [-0.1, -0.05) is 37.3 Å². The highest BCUT2D eigenvalue weighted by Gasteiger charge is 2.22. The molecule has 1 aromatic heterocycles. The van der Waals surface area contributed by atoms with Crippen LogP contribution >= 0.6 is 0 Å². The molecule has 0 aliphatic rings. The number of rotatable bonds is 6. The summed E-state index contributed by atoms with van der Waals surface area (Å²) in [6.07, 6.45) is 3.80. The third kappa shape index (κ3) is 3.09. The van der Waals surface area contributed by atoms with Crippen molar-refractivity contribution in [1.29, 1.82) is 0 Å². The first-order valence-electron chi connectivity index (χ1n) is 6.40. The van der Waals surface area contributed by atoms with Gasteiger partial charge in [-0.3, -0.25) is 9.48 Å². The first kappa shape index (κ1) is 13.5. The normalized spacial score (nSPS) is 12.3. The van der Waals surface area contributed by atoms with Crippen molar-refractivity contribution in [3.8, 4) is 0 Å². The predicted octanol–water partition coefficient (Wildman–Crippen LogP) is 2.86. The third-order valence-electron chi connectivity index (χ3n) is 2.95. The molecule has 1 atom stereocenters. The Bertz CT molecular complexity index is 534. The van der Waals surface area contributed by atoms with Crippen molar-refractivity contribution in [2.24, 2.45) is 0 Å². The summed E-state index contributed by atoms with van der Waals surface area (Å²) in [5, 5.41) is 4.18. The van der Waals surface area contributed by atoms with Gasteiger partial charge in [-0.2, -0.15) is 5.10 Å². The second-order valence-electron chi connectivity index (χ2n) is 4.38. The van der Waals surface area contributed by atoms with Crippen LogP contribution in [0.25, 0.3) is 0 Å². The standard InChI is InChI=1S/C15H18N2O2/c1-3-9-17-11-13(10-16-17)14(18)15(19-2)12-7-5-4-6-8-12/h4-8,10-11,15H,3,9H2,1-2H3. The van der Waals surface area contributed by atoms with Gasteiger partial charge in [-0.05, 0) is 12.0 Å². The molecule has 0 radical (unpaired) electrons. The maximum Gasteiger partial charge on any atom is 0.199 e. The highest BCUT2D eigenvalue weighted by atomic mass is 16.5. The van der Waals surface area contributed by atoms with Gasteiger partial charge in [0.2, 0.25) is 0 Å². The van der Waals surface area contributed by atoms with Gasteiger partial charge in [0, 0.05) is 19.9 Å². The van der Waals surface area contributed by atoms with Gasteiger partial charge in [0.15, 0.2) is 5.78 Å². The molecule has 100 valence electrons. The molecule has 0 fully saturated rings. The van der Waals surface area contributed by atoms with Gasteiger partial charge in [0.25, 0.3) is 0 Å². The van der Waals surface area contributed by atoms with Crippen LogP contribution in [0.5, 0.6) is 0 Å². The molecule has 0 aliphatic heterocycles. The number of Topliss-reactive ketones (excluding diaryl/α,β-unsaturated/α-hetero) is 1. The Balaban J connectivity index is 2.20. The molecule has 0 saturated carbocycles. The topological polar surface area (TPSA) is 44.1 Å². The summed E-state index contributed by atoms with van der Waals surface area (Å²) in [5.74, 6) is -0.0592. The van der Waals surface area contributed by atoms with Crippen molar-refractivity contribution in [2.75, 3.05) is 7.11 Å². The van der Waals surface area contributed by atoms with E-state index in [9.17, 15) is 4.79 Å². The molecule has 1 unspecified atom stereocenters. The fourth-order valence-electron chi connectivity index (χ4n) is 2.02. The van der Waals surface area contributed by atoms with E-state index in [0.717, 1.165) is 18.5 Å². The van der Waals surface area contributed by atoms with Crippen LogP contribution in [-0.4, -0.2) is 22.7 Å². The summed E-state index contributed by atoms with van der Waals surface area (Å²) in [5.41, 5.74) is 1.45. The van der Waals surface area contributed by atoms with E-state index in [1.807, 2.05) is 30.3 Å². The summed E-state index contributed by atoms with van der Waals surface area (Å²) in [6.45, 7) is 2.89. The molecule has 0 bridgehead atoms. The number of methoxy groups -OCH3 is 1. The third-order valence-corrected chi connectivity index (χ3v) is 2.95. The zero-order chi connectivity index (χ0) is 13.7. The number of hydrogen-bond acceptors (Lipinski definition) is 3. The van der Waals surface area contributed by atoms with E-state index in [0.29, 0.717) is 5.56 Å². The van der Waals surface area contributed by atoms with Crippen molar-refractivity contribution in [3.63, 3.8) is 0 Å². The van der Waals surface area contributed by atoms with Crippen LogP contribution in [0.1, 0.15) is 35.4 Å². The van der Waals surface area contributed by atoms with Gasteiger partial charge < -0.3 is 4.74 Å². The molecule has 19 heavy (non-hydrogen) atoms. The van der Waals surface area contributed by atoms with Gasteiger partial charge in [-0.15, -0.1) is 0 Å². The van der Waals surface area contributed by atoms with E-state index in [-0.39, 0.29) is 5.78 Å². The Morgan fingerprint density at radius 2 is 2.11 bits per heavy atom. The summed E-state index contributed by atoms with van der Waals surface area (Å²) >= 11 is 0. The number of carbonyl (C=O) groups excluding carboxylic acids is 1. The fourth-order valence-corrected chi connectivity index (χ4v) is 2.02. The van der Waals surface area contributed by atoms with Crippen LogP contribution in [0.4, 0.5) is 0 Å². The van der Waals surface area contributed by atoms with Gasteiger partial charge in [0.1, 0.15) is 6.10 Å². The van der Waals surface area contributed by atoms with Crippen molar-refractivity contribution in [2.45, 2.75) is 26.0 Å². The van der Waals surface area contributed by atoms with Crippen LogP contribution in [-0.2, 0) is 11.3 Å². The second-order valence-corrected chi connectivity index (χ2v) is 4.38. The minimum Gasteiger partial charge on any atom is -0.369 e. The summed E-state index contributed by atoms with van der Waals surface area (Å²) in [4.78, 5) is 12.4. The molecular weight excluding hydrogens is 240 g/mol. The molecule has 0 saturated heterocycles. The highest BCUT2D eigenvalue weighted by molar-refractivity contribution is 5.99. The number of benzene rings is 1. The molecule has 4 nitrogen and oxygen atoms in total. The van der Waals surface area contributed by atoms with Crippen molar-refractivity contribution >= 4 is 5.78 Å². The molecule has 0 amide bonds. The Morgan fingerprint density at radius 1 is 1.37 bits per heavy atom. The van der Waals surface area contributed by atoms with Gasteiger partial charge >= 0.3 is 0 Å². The van der Waals surface area contributed by atoms with E-state index in [1.165, 1.54) is 0 Å². The molecule has 0 N–H and O–H groups in total. The number of aromatic nitrogens is 2. The number of carbonyl (C=O) groups is 1. The monoisotopic (exact) mass is 258 g/mol. The van der Waals surface area contributed by atoms with Crippen LogP contribution < -0.4 is 0 Å². The Hall–Kier alpha value is -1.94. The largest absolute Gasteiger partial charge is 0.369 e. The summed E-state index contributed by atoms with van der Waals surface area (Å²) in [7, 11) is 1.55. The number of hydrogen-bond donors (Lipinski definition) is 0. The maximum atomic E-state index is 12.4. The van der Waals surface area contributed by atoms with Crippen LogP contribution in [0.15, 0.2) is 42.7 Å². The van der Waals surface area contributed by atoms with Crippen molar-refractivity contribution in [3.05, 3.63) is 53.9 Å². The fraction of sp³-hybridized carbons (Fsp3) is 0.333. The zero-order valence-corrected chi connectivity index (χ0v) is 11.2. The zero-order valence-electron chi connectivity index (χ0n) is 11.2. The smallest absolute Gasteiger partial charge is 0.199 e. The summed E-state index contributed by atoms with van der Waals surface area (Å²) in [6, 6.07) is 9.50. The van der Waals surface area contributed by atoms with Crippen LogP contribution in [0, 0.1) is 0 Å². The van der Waals surface area contributed by atoms with E-state index < -0.39 is 6.10 Å². The second kappa shape index (κ2) is 6.29. The number of ether oxygens (including phenoxy) is 1. The van der Waals surface area contributed by atoms with Crippen molar-refractivity contribution in [1.82, 2.24) is 9.78 Å². The SMILES string of the molecule is CCCn1cc(C(=O)C(OC)c2ccccc2)cn1. The minimum atomic E-state index is -0.569. The van der Waals surface area contributed by atoms with Gasteiger partial charge in [-0.25, -0.2) is 0 Å². The quantitative estimate of drug-likeness (QED) is 0.748. The van der Waals surface area contributed by atoms with Gasteiger partial charge in [0.05, 0.1) is 11.8 Å². The molecule has 0 aliphatic carbocycles. The van der Waals surface area contributed by atoms with Crippen LogP contribution in [0.2, 0.25) is 0 Å². The molecule has 0 spiro atoms. The van der Waals surface area contributed by atoms with E-state index >= 15 is 0 Å². The lowest BCUT2D eigenvalue weighted by Gasteiger charge is -2.13. The predicted molar refractivity (Wildman–Crippen MR) is 73.0 cm³/mol. The molecule has 1 aromatic carbocycles. The lowest BCUT2D eigenvalue weighted by molar-refractivity contribution is 0.0604. The Morgan fingerprint density at radius 3 is 2.74 bits per heavy atom. The lowest BCUT2D eigenvalue weighted by atomic mass is 10.0. The lowest BCUT2D eigenvalue weighted by Crippen LogP contribution is -2.14. The number of nitrogens with zero attached hydrogens (tertiary/aromatic N) is 2. The number of aryl methyl sites for hydroxylation is 1. The number of ketones is 1. The Labute approximate surface area is 113 Å². The molecular formula is C15H18N2O2. The molecule has 1 heterocycles. The van der Waals surface area contributed by atoms with E-state index in [1.54, 1.807) is 24.2 Å². The Kier molecular flexibility index (Phi) is 4.47. The highest BCUT2D eigenvalue weighted by Crippen LogP contribution is 2.21.